The van der Waals surface area contributed by atoms with Crippen LogP contribution in [-0.2, 0) is 0 Å². The summed E-state index contributed by atoms with van der Waals surface area (Å²) in [6.45, 7) is 2.29. The lowest BCUT2D eigenvalue weighted by atomic mass is 10.0. The fourth-order valence-electron chi connectivity index (χ4n) is 3.77. The molecule has 2 aromatic rings. The number of aromatic nitrogens is 2. The molecule has 21 heavy (non-hydrogen) atoms. The predicted octanol–water partition coefficient (Wildman–Crippen LogP) is 3.11. The van der Waals surface area contributed by atoms with Gasteiger partial charge in [-0.1, -0.05) is 0 Å². The molecule has 0 amide bonds. The maximum absolute atomic E-state index is 4.61. The molecule has 2 aromatic heterocycles. The SMILES string of the molecule is Brc1cnc2c(N3CCCC3C3CCCN3)ccnc2c1. The highest BCUT2D eigenvalue weighted by Gasteiger charge is 2.34. The number of hydrogen-bond acceptors (Lipinski definition) is 4. The Labute approximate surface area is 133 Å². The maximum atomic E-state index is 4.61. The van der Waals surface area contributed by atoms with E-state index in [-0.39, 0.29) is 0 Å². The standard InChI is InChI=1S/C16H19BrN4/c17-11-9-13-16(20-10-11)15(5-7-19-13)21-8-2-4-14(21)12-3-1-6-18-12/h5,7,9-10,12,14,18H,1-4,6,8H2. The second-order valence-electron chi connectivity index (χ2n) is 5.96. The van der Waals surface area contributed by atoms with Crippen LogP contribution in [0.25, 0.3) is 11.0 Å². The van der Waals surface area contributed by atoms with Crippen LogP contribution in [0.3, 0.4) is 0 Å². The van der Waals surface area contributed by atoms with Crippen molar-refractivity contribution in [2.24, 2.45) is 0 Å². The van der Waals surface area contributed by atoms with Crippen LogP contribution in [0, 0.1) is 0 Å². The van der Waals surface area contributed by atoms with Crippen molar-refractivity contribution in [2.75, 3.05) is 18.0 Å². The molecule has 0 bridgehead atoms. The minimum atomic E-state index is 0.601. The van der Waals surface area contributed by atoms with Crippen molar-refractivity contribution in [3.05, 3.63) is 29.0 Å². The van der Waals surface area contributed by atoms with E-state index < -0.39 is 0 Å². The molecule has 0 aliphatic carbocycles. The Morgan fingerprint density at radius 3 is 3.05 bits per heavy atom. The van der Waals surface area contributed by atoms with Gasteiger partial charge in [-0.2, -0.15) is 0 Å². The van der Waals surface area contributed by atoms with Crippen molar-refractivity contribution in [1.82, 2.24) is 15.3 Å². The number of hydrogen-bond donors (Lipinski definition) is 1. The molecule has 1 N–H and O–H groups in total. The number of halogens is 1. The minimum Gasteiger partial charge on any atom is -0.365 e. The molecule has 0 spiro atoms. The second-order valence-corrected chi connectivity index (χ2v) is 6.87. The molecule has 110 valence electrons. The topological polar surface area (TPSA) is 41.1 Å². The molecule has 4 nitrogen and oxygen atoms in total. The summed E-state index contributed by atoms with van der Waals surface area (Å²) < 4.78 is 0.982. The molecule has 2 atom stereocenters. The molecule has 2 aliphatic heterocycles. The molecule has 2 fully saturated rings. The molecular weight excluding hydrogens is 328 g/mol. The second kappa shape index (κ2) is 5.54. The van der Waals surface area contributed by atoms with Crippen LogP contribution >= 0.6 is 15.9 Å². The van der Waals surface area contributed by atoms with Gasteiger partial charge in [-0.15, -0.1) is 0 Å². The average Bonchev–Trinajstić information content (AvgIpc) is 3.17. The van der Waals surface area contributed by atoms with Crippen LogP contribution in [0.1, 0.15) is 25.7 Å². The van der Waals surface area contributed by atoms with Crippen LogP contribution < -0.4 is 10.2 Å². The normalized spacial score (nSPS) is 25.9. The third-order valence-corrected chi connectivity index (χ3v) is 5.13. The van der Waals surface area contributed by atoms with E-state index in [0.717, 1.165) is 28.6 Å². The molecule has 4 heterocycles. The number of pyridine rings is 2. The van der Waals surface area contributed by atoms with E-state index in [1.807, 2.05) is 18.5 Å². The van der Waals surface area contributed by atoms with Crippen molar-refractivity contribution in [1.29, 1.82) is 0 Å². The molecule has 0 saturated carbocycles. The molecule has 2 unspecified atom stereocenters. The Morgan fingerprint density at radius 1 is 1.24 bits per heavy atom. The highest BCUT2D eigenvalue weighted by Crippen LogP contribution is 2.33. The Kier molecular flexibility index (Phi) is 3.55. The van der Waals surface area contributed by atoms with Gasteiger partial charge < -0.3 is 10.2 Å². The number of anilines is 1. The Hall–Kier alpha value is -1.20. The van der Waals surface area contributed by atoms with Crippen molar-refractivity contribution in [3.63, 3.8) is 0 Å². The summed E-state index contributed by atoms with van der Waals surface area (Å²) in [5.41, 5.74) is 3.22. The summed E-state index contributed by atoms with van der Waals surface area (Å²) in [6.07, 6.45) is 8.91. The van der Waals surface area contributed by atoms with E-state index in [0.29, 0.717) is 12.1 Å². The lowest BCUT2D eigenvalue weighted by molar-refractivity contribution is 0.483. The first-order valence-electron chi connectivity index (χ1n) is 7.73. The smallest absolute Gasteiger partial charge is 0.112 e. The third kappa shape index (κ3) is 2.42. The number of nitrogens with one attached hydrogen (secondary N) is 1. The van der Waals surface area contributed by atoms with Gasteiger partial charge in [-0.3, -0.25) is 9.97 Å². The van der Waals surface area contributed by atoms with Crippen LogP contribution in [0.15, 0.2) is 29.0 Å². The zero-order valence-electron chi connectivity index (χ0n) is 11.9. The predicted molar refractivity (Wildman–Crippen MR) is 88.6 cm³/mol. The van der Waals surface area contributed by atoms with Crippen LogP contribution in [0.2, 0.25) is 0 Å². The highest BCUT2D eigenvalue weighted by molar-refractivity contribution is 9.10. The fourth-order valence-corrected chi connectivity index (χ4v) is 4.09. The molecule has 0 aromatic carbocycles. The van der Waals surface area contributed by atoms with Crippen molar-refractivity contribution >= 4 is 32.7 Å². The van der Waals surface area contributed by atoms with Gasteiger partial charge in [0, 0.05) is 35.5 Å². The molecule has 0 radical (unpaired) electrons. The highest BCUT2D eigenvalue weighted by atomic mass is 79.9. The minimum absolute atomic E-state index is 0.601. The number of nitrogens with zero attached hydrogens (tertiary/aromatic N) is 3. The summed E-state index contributed by atoms with van der Waals surface area (Å²) in [6, 6.07) is 5.40. The summed E-state index contributed by atoms with van der Waals surface area (Å²) in [7, 11) is 0. The lowest BCUT2D eigenvalue weighted by Gasteiger charge is -2.31. The van der Waals surface area contributed by atoms with E-state index in [9.17, 15) is 0 Å². The van der Waals surface area contributed by atoms with E-state index in [4.69, 9.17) is 0 Å². The fraction of sp³-hybridized carbons (Fsp3) is 0.500. The van der Waals surface area contributed by atoms with Gasteiger partial charge in [-0.25, -0.2) is 0 Å². The molecule has 4 rings (SSSR count). The van der Waals surface area contributed by atoms with Crippen molar-refractivity contribution < 1.29 is 0 Å². The number of fused-ring (bicyclic) bond motifs is 1. The Morgan fingerprint density at radius 2 is 2.19 bits per heavy atom. The maximum Gasteiger partial charge on any atom is 0.112 e. The number of rotatable bonds is 2. The zero-order valence-corrected chi connectivity index (χ0v) is 13.5. The van der Waals surface area contributed by atoms with Crippen LogP contribution in [0.5, 0.6) is 0 Å². The van der Waals surface area contributed by atoms with E-state index in [2.05, 4.69) is 42.2 Å². The van der Waals surface area contributed by atoms with Crippen LogP contribution in [0.4, 0.5) is 5.69 Å². The lowest BCUT2D eigenvalue weighted by Crippen LogP contribution is -2.44. The Bertz CT molecular complexity index is 654. The Balaban J connectivity index is 1.74. The molecule has 2 aliphatic rings. The third-order valence-electron chi connectivity index (χ3n) is 4.69. The van der Waals surface area contributed by atoms with Gasteiger partial charge in [0.05, 0.1) is 11.2 Å². The van der Waals surface area contributed by atoms with E-state index >= 15 is 0 Å². The first-order valence-corrected chi connectivity index (χ1v) is 8.52. The van der Waals surface area contributed by atoms with Crippen molar-refractivity contribution in [3.8, 4) is 0 Å². The molecular formula is C16H19BrN4. The van der Waals surface area contributed by atoms with Gasteiger partial charge in [0.25, 0.3) is 0 Å². The summed E-state index contributed by atoms with van der Waals surface area (Å²) in [5, 5.41) is 3.67. The van der Waals surface area contributed by atoms with E-state index in [1.165, 1.54) is 31.4 Å². The van der Waals surface area contributed by atoms with Gasteiger partial charge in [0.15, 0.2) is 0 Å². The van der Waals surface area contributed by atoms with Gasteiger partial charge >= 0.3 is 0 Å². The summed E-state index contributed by atoms with van der Waals surface area (Å²) >= 11 is 3.48. The quantitative estimate of drug-likeness (QED) is 0.906. The van der Waals surface area contributed by atoms with Gasteiger partial charge in [-0.05, 0) is 60.3 Å². The van der Waals surface area contributed by atoms with E-state index in [1.54, 1.807) is 0 Å². The summed E-state index contributed by atoms with van der Waals surface area (Å²) in [4.78, 5) is 11.6. The monoisotopic (exact) mass is 346 g/mol. The van der Waals surface area contributed by atoms with Crippen molar-refractivity contribution in [2.45, 2.75) is 37.8 Å². The summed E-state index contributed by atoms with van der Waals surface area (Å²) in [5.74, 6) is 0. The first kappa shape index (κ1) is 13.5. The molecule has 2 saturated heterocycles. The van der Waals surface area contributed by atoms with Gasteiger partial charge in [0.2, 0.25) is 0 Å². The average molecular weight is 347 g/mol. The largest absolute Gasteiger partial charge is 0.365 e. The van der Waals surface area contributed by atoms with Gasteiger partial charge in [0.1, 0.15) is 5.52 Å². The van der Waals surface area contributed by atoms with Crippen LogP contribution in [-0.4, -0.2) is 35.1 Å². The first-order chi connectivity index (χ1) is 10.3. The zero-order chi connectivity index (χ0) is 14.2. The molecule has 5 heteroatoms.